The highest BCUT2D eigenvalue weighted by Crippen LogP contribution is 2.25. The molecule has 68 valence electrons. The number of halogens is 1. The van der Waals surface area contributed by atoms with E-state index in [1.54, 1.807) is 0 Å². The van der Waals surface area contributed by atoms with Crippen LogP contribution in [0.2, 0.25) is 0 Å². The van der Waals surface area contributed by atoms with Crippen LogP contribution in [0.15, 0.2) is 8.94 Å². The lowest BCUT2D eigenvalue weighted by Gasteiger charge is -1.86. The van der Waals surface area contributed by atoms with Crippen LogP contribution in [0.3, 0.4) is 0 Å². The van der Waals surface area contributed by atoms with Crippen molar-refractivity contribution < 1.29 is 8.42 Å². The molecule has 1 aromatic rings. The molecule has 0 aliphatic rings. The molecule has 0 spiro atoms. The molecule has 7 heteroatoms. The molecule has 1 rings (SSSR count). The summed E-state index contributed by atoms with van der Waals surface area (Å²) in [7, 11) is -3.19. The molecule has 0 bridgehead atoms. The quantitative estimate of drug-likeness (QED) is 0.862. The van der Waals surface area contributed by atoms with Gasteiger partial charge in [-0.05, 0) is 15.9 Å². The van der Waals surface area contributed by atoms with Gasteiger partial charge in [0.05, 0.1) is 4.88 Å². The van der Waals surface area contributed by atoms with Gasteiger partial charge in [0.1, 0.15) is 4.60 Å². The summed E-state index contributed by atoms with van der Waals surface area (Å²) in [5.41, 5.74) is 5.35. The molecule has 0 radical (unpaired) electrons. The number of hydrogen-bond donors (Lipinski definition) is 1. The second-order valence-corrected chi connectivity index (χ2v) is 6.19. The standard InChI is InChI=1S/C5H7BrN2O2S2/c1-12(9,10)5-8-4(6)3(2-7)11-5/h2,7H2,1H3. The zero-order valence-corrected chi connectivity index (χ0v) is 9.46. The minimum Gasteiger partial charge on any atom is -0.326 e. The van der Waals surface area contributed by atoms with Crippen molar-refractivity contribution in [2.45, 2.75) is 10.9 Å². The molecule has 0 unspecified atom stereocenters. The lowest BCUT2D eigenvalue weighted by molar-refractivity contribution is 0.601. The number of rotatable bonds is 2. The molecule has 0 saturated carbocycles. The predicted octanol–water partition coefficient (Wildman–Crippen LogP) is 0.768. The zero-order chi connectivity index (χ0) is 9.35. The summed E-state index contributed by atoms with van der Waals surface area (Å²) in [5.74, 6) is 0. The average molecular weight is 271 g/mol. The van der Waals surface area contributed by atoms with Gasteiger partial charge in [-0.1, -0.05) is 0 Å². The Balaban J connectivity index is 3.23. The third kappa shape index (κ3) is 2.03. The summed E-state index contributed by atoms with van der Waals surface area (Å²) in [6.45, 7) is 0.299. The minimum atomic E-state index is -3.19. The number of nitrogens with zero attached hydrogens (tertiary/aromatic N) is 1. The topological polar surface area (TPSA) is 73.0 Å². The van der Waals surface area contributed by atoms with Crippen LogP contribution in [-0.4, -0.2) is 19.7 Å². The highest BCUT2D eigenvalue weighted by Gasteiger charge is 2.15. The molecule has 0 amide bonds. The zero-order valence-electron chi connectivity index (χ0n) is 6.24. The Morgan fingerprint density at radius 1 is 1.67 bits per heavy atom. The van der Waals surface area contributed by atoms with E-state index in [4.69, 9.17) is 5.73 Å². The first kappa shape index (κ1) is 10.1. The molecule has 1 heterocycles. The number of nitrogens with two attached hydrogens (primary N) is 1. The van der Waals surface area contributed by atoms with Crippen LogP contribution in [0.1, 0.15) is 4.88 Å². The Labute approximate surface area is 82.9 Å². The van der Waals surface area contributed by atoms with Crippen LogP contribution in [-0.2, 0) is 16.4 Å². The maximum atomic E-state index is 11.0. The smallest absolute Gasteiger partial charge is 0.210 e. The minimum absolute atomic E-state index is 0.106. The van der Waals surface area contributed by atoms with Crippen molar-refractivity contribution in [3.05, 3.63) is 9.48 Å². The molecule has 4 nitrogen and oxygen atoms in total. The van der Waals surface area contributed by atoms with Crippen LogP contribution in [0.5, 0.6) is 0 Å². The molecular weight excluding hydrogens is 264 g/mol. The van der Waals surface area contributed by atoms with E-state index >= 15 is 0 Å². The second kappa shape index (κ2) is 3.41. The second-order valence-electron chi connectivity index (χ2n) is 2.17. The lowest BCUT2D eigenvalue weighted by atomic mass is 10.6. The van der Waals surface area contributed by atoms with Crippen molar-refractivity contribution in [3.8, 4) is 0 Å². The first-order valence-electron chi connectivity index (χ1n) is 3.00. The SMILES string of the molecule is CS(=O)(=O)c1nc(Br)c(CN)s1. The molecule has 12 heavy (non-hydrogen) atoms. The fourth-order valence-corrected chi connectivity index (χ4v) is 3.14. The Morgan fingerprint density at radius 3 is 2.50 bits per heavy atom. The molecule has 2 N–H and O–H groups in total. The van der Waals surface area contributed by atoms with Crippen molar-refractivity contribution in [3.63, 3.8) is 0 Å². The fourth-order valence-electron chi connectivity index (χ4n) is 0.597. The van der Waals surface area contributed by atoms with E-state index in [2.05, 4.69) is 20.9 Å². The summed E-state index contributed by atoms with van der Waals surface area (Å²) >= 11 is 4.22. The molecule has 0 fully saturated rings. The van der Waals surface area contributed by atoms with Crippen LogP contribution < -0.4 is 5.73 Å². The van der Waals surface area contributed by atoms with Gasteiger partial charge in [-0.15, -0.1) is 11.3 Å². The number of aromatic nitrogens is 1. The first-order valence-corrected chi connectivity index (χ1v) is 6.50. The van der Waals surface area contributed by atoms with Crippen molar-refractivity contribution in [2.75, 3.05) is 6.26 Å². The summed E-state index contributed by atoms with van der Waals surface area (Å²) in [5, 5.41) is 0. The maximum absolute atomic E-state index is 11.0. The maximum Gasteiger partial charge on any atom is 0.210 e. The van der Waals surface area contributed by atoms with E-state index < -0.39 is 9.84 Å². The summed E-state index contributed by atoms with van der Waals surface area (Å²) in [6, 6.07) is 0. The van der Waals surface area contributed by atoms with E-state index in [1.165, 1.54) is 0 Å². The molecule has 0 aliphatic carbocycles. The van der Waals surface area contributed by atoms with E-state index in [1.807, 2.05) is 0 Å². The Morgan fingerprint density at radius 2 is 2.25 bits per heavy atom. The van der Waals surface area contributed by atoms with E-state index in [-0.39, 0.29) is 4.34 Å². The molecule has 0 aliphatic heterocycles. The Hall–Kier alpha value is 0.0200. The van der Waals surface area contributed by atoms with Gasteiger partial charge < -0.3 is 5.73 Å². The van der Waals surface area contributed by atoms with Crippen molar-refractivity contribution in [1.82, 2.24) is 4.98 Å². The highest BCUT2D eigenvalue weighted by atomic mass is 79.9. The average Bonchev–Trinajstić information content (AvgIpc) is 2.29. The Kier molecular flexibility index (Phi) is 2.87. The van der Waals surface area contributed by atoms with Gasteiger partial charge in [0, 0.05) is 12.8 Å². The number of hydrogen-bond acceptors (Lipinski definition) is 5. The van der Waals surface area contributed by atoms with Crippen LogP contribution in [0, 0.1) is 0 Å². The van der Waals surface area contributed by atoms with Crippen LogP contribution in [0.25, 0.3) is 0 Å². The molecule has 1 aromatic heterocycles. The predicted molar refractivity (Wildman–Crippen MR) is 50.8 cm³/mol. The van der Waals surface area contributed by atoms with Crippen molar-refractivity contribution in [2.24, 2.45) is 5.73 Å². The van der Waals surface area contributed by atoms with Crippen molar-refractivity contribution >= 4 is 37.1 Å². The molecule has 0 saturated heterocycles. The summed E-state index contributed by atoms with van der Waals surface area (Å²) in [4.78, 5) is 4.57. The van der Waals surface area contributed by atoms with Gasteiger partial charge in [-0.25, -0.2) is 13.4 Å². The molecular formula is C5H7BrN2O2S2. The number of sulfone groups is 1. The van der Waals surface area contributed by atoms with Gasteiger partial charge in [0.15, 0.2) is 0 Å². The third-order valence-electron chi connectivity index (χ3n) is 1.13. The van der Waals surface area contributed by atoms with E-state index in [0.717, 1.165) is 22.5 Å². The van der Waals surface area contributed by atoms with Gasteiger partial charge in [-0.2, -0.15) is 0 Å². The summed E-state index contributed by atoms with van der Waals surface area (Å²) in [6.07, 6.45) is 1.12. The Bertz CT molecular complexity index is 384. The van der Waals surface area contributed by atoms with Gasteiger partial charge in [-0.3, -0.25) is 0 Å². The van der Waals surface area contributed by atoms with E-state index in [0.29, 0.717) is 11.1 Å². The lowest BCUT2D eigenvalue weighted by Crippen LogP contribution is -1.94. The van der Waals surface area contributed by atoms with Gasteiger partial charge >= 0.3 is 0 Å². The third-order valence-corrected chi connectivity index (χ3v) is 4.81. The molecule has 0 atom stereocenters. The monoisotopic (exact) mass is 270 g/mol. The summed E-state index contributed by atoms with van der Waals surface area (Å²) < 4.78 is 22.6. The van der Waals surface area contributed by atoms with E-state index in [9.17, 15) is 8.42 Å². The van der Waals surface area contributed by atoms with Gasteiger partial charge in [0.25, 0.3) is 0 Å². The van der Waals surface area contributed by atoms with Crippen molar-refractivity contribution in [1.29, 1.82) is 0 Å². The normalized spacial score (nSPS) is 11.9. The van der Waals surface area contributed by atoms with Crippen LogP contribution in [0.4, 0.5) is 0 Å². The fraction of sp³-hybridized carbons (Fsp3) is 0.400. The highest BCUT2D eigenvalue weighted by molar-refractivity contribution is 9.10. The van der Waals surface area contributed by atoms with Crippen LogP contribution >= 0.6 is 27.3 Å². The largest absolute Gasteiger partial charge is 0.326 e. The molecule has 0 aromatic carbocycles. The first-order chi connectivity index (χ1) is 5.45. The number of thiazole rings is 1. The van der Waals surface area contributed by atoms with Gasteiger partial charge in [0.2, 0.25) is 14.2 Å².